The van der Waals surface area contributed by atoms with E-state index in [1.807, 2.05) is 15.9 Å². The van der Waals surface area contributed by atoms with E-state index in [0.717, 1.165) is 64.2 Å². The number of hydrogen-bond acceptors (Lipinski definition) is 6. The van der Waals surface area contributed by atoms with Crippen LogP contribution < -0.4 is 0 Å². The smallest absolute Gasteiger partial charge is 0.311 e. The third kappa shape index (κ3) is 7.11. The third-order valence-corrected chi connectivity index (χ3v) is 11.4. The molecule has 0 saturated carbocycles. The molecule has 0 aromatic carbocycles. The summed E-state index contributed by atoms with van der Waals surface area (Å²) in [7, 11) is 0. The molecule has 2 unspecified atom stereocenters. The van der Waals surface area contributed by atoms with E-state index in [0.29, 0.717) is 19.7 Å². The molecule has 1 N–H and O–H groups in total. The first-order valence-corrected chi connectivity index (χ1v) is 16.8. The van der Waals surface area contributed by atoms with Crippen LogP contribution in [0.15, 0.2) is 25.3 Å². The lowest BCUT2D eigenvalue weighted by molar-refractivity contribution is -0.155. The molecule has 3 rings (SSSR count). The fourth-order valence-corrected chi connectivity index (χ4v) is 10.3. The number of nitrogens with zero attached hydrogens (tertiary/aromatic N) is 2. The molecule has 0 aromatic rings. The van der Waals surface area contributed by atoms with E-state index in [1.165, 1.54) is 0 Å². The minimum absolute atomic E-state index is 0.00350. The van der Waals surface area contributed by atoms with Crippen molar-refractivity contribution in [2.24, 2.45) is 17.3 Å². The lowest BCUT2D eigenvalue weighted by Gasteiger charge is -2.46. The van der Waals surface area contributed by atoms with Crippen LogP contribution in [0.2, 0.25) is 0 Å². The lowest BCUT2D eigenvalue weighted by Crippen LogP contribution is -2.60. The molecular formula is C34H56N2O5S. The van der Waals surface area contributed by atoms with Crippen LogP contribution in [-0.4, -0.2) is 80.1 Å². The third-order valence-electron chi connectivity index (χ3n) is 9.39. The number of thioether (sulfide) groups is 1. The fourth-order valence-electron chi connectivity index (χ4n) is 8.01. The Bertz CT molecular complexity index is 1010. The number of aliphatic hydroxyl groups is 1. The highest BCUT2D eigenvalue weighted by Crippen LogP contribution is 2.71. The first kappa shape index (κ1) is 34.7. The highest BCUT2D eigenvalue weighted by molar-refractivity contribution is 8.02. The maximum atomic E-state index is 14.9. The molecule has 238 valence electrons. The summed E-state index contributed by atoms with van der Waals surface area (Å²) < 4.78 is 4.71. The number of esters is 1. The molecule has 3 heterocycles. The topological polar surface area (TPSA) is 87.1 Å². The van der Waals surface area contributed by atoms with Gasteiger partial charge in [-0.05, 0) is 77.6 Å². The predicted molar refractivity (Wildman–Crippen MR) is 171 cm³/mol. The number of aliphatic hydroxyl groups excluding tert-OH is 1. The second-order valence-corrected chi connectivity index (χ2v) is 16.5. The molecule has 5 atom stereocenters. The number of likely N-dealkylation sites (tertiary alicyclic amines) is 1. The van der Waals surface area contributed by atoms with Crippen molar-refractivity contribution in [3.63, 3.8) is 0 Å². The maximum Gasteiger partial charge on any atom is 0.311 e. The Morgan fingerprint density at radius 3 is 2.38 bits per heavy atom. The van der Waals surface area contributed by atoms with Gasteiger partial charge in [-0.1, -0.05) is 45.8 Å². The Hall–Kier alpha value is -1.80. The molecule has 0 aromatic heterocycles. The Balaban J connectivity index is 1.98. The molecule has 7 nitrogen and oxygen atoms in total. The predicted octanol–water partition coefficient (Wildman–Crippen LogP) is 6.15. The van der Waals surface area contributed by atoms with Gasteiger partial charge in [-0.25, -0.2) is 0 Å². The van der Waals surface area contributed by atoms with Crippen LogP contribution >= 0.6 is 11.8 Å². The largest absolute Gasteiger partial charge is 0.465 e. The quantitative estimate of drug-likeness (QED) is 0.122. The molecule has 0 aliphatic carbocycles. The Morgan fingerprint density at radius 2 is 1.76 bits per heavy atom. The van der Waals surface area contributed by atoms with Crippen LogP contribution in [0.4, 0.5) is 0 Å². The minimum atomic E-state index is -0.655. The van der Waals surface area contributed by atoms with E-state index in [9.17, 15) is 19.5 Å². The van der Waals surface area contributed by atoms with Crippen LogP contribution in [0.25, 0.3) is 0 Å². The summed E-state index contributed by atoms with van der Waals surface area (Å²) in [6.45, 7) is 21.9. The average molecular weight is 605 g/mol. The van der Waals surface area contributed by atoms with Gasteiger partial charge in [0.2, 0.25) is 11.8 Å². The molecule has 42 heavy (non-hydrogen) atoms. The van der Waals surface area contributed by atoms with E-state index < -0.39 is 32.9 Å². The van der Waals surface area contributed by atoms with Gasteiger partial charge in [0.1, 0.15) is 6.04 Å². The van der Waals surface area contributed by atoms with Crippen molar-refractivity contribution in [1.29, 1.82) is 0 Å². The van der Waals surface area contributed by atoms with E-state index in [1.54, 1.807) is 17.8 Å². The van der Waals surface area contributed by atoms with Crippen molar-refractivity contribution in [2.75, 3.05) is 26.3 Å². The Morgan fingerprint density at radius 1 is 1.07 bits per heavy atom. The Kier molecular flexibility index (Phi) is 11.5. The van der Waals surface area contributed by atoms with Crippen molar-refractivity contribution < 1.29 is 24.2 Å². The summed E-state index contributed by atoms with van der Waals surface area (Å²) in [6.07, 6.45) is 11.7. The monoisotopic (exact) mass is 604 g/mol. The van der Waals surface area contributed by atoms with Gasteiger partial charge < -0.3 is 19.6 Å². The summed E-state index contributed by atoms with van der Waals surface area (Å²) >= 11 is 1.70. The van der Waals surface area contributed by atoms with Crippen molar-refractivity contribution in [1.82, 2.24) is 9.80 Å². The zero-order valence-electron chi connectivity index (χ0n) is 27.1. The van der Waals surface area contributed by atoms with Crippen molar-refractivity contribution in [3.8, 4) is 0 Å². The van der Waals surface area contributed by atoms with E-state index in [2.05, 4.69) is 54.7 Å². The molecule has 2 amide bonds. The van der Waals surface area contributed by atoms with E-state index in [-0.39, 0.29) is 29.8 Å². The highest BCUT2D eigenvalue weighted by Gasteiger charge is 2.77. The lowest BCUT2D eigenvalue weighted by atomic mass is 9.66. The number of carbonyl (C=O) groups excluding carboxylic acids is 3. The fraction of sp³-hybridized carbons (Fsp3) is 0.794. The van der Waals surface area contributed by atoms with Crippen molar-refractivity contribution in [3.05, 3.63) is 25.3 Å². The number of allylic oxidation sites excluding steroid dienone is 1. The summed E-state index contributed by atoms with van der Waals surface area (Å²) in [5.74, 6) is -1.54. The SMILES string of the molecule is C=CCCCCOC(=O)[C@H]1[C@H]2C(=O)N(CCCCCCO)C(C(=O)N(CC=C)C(C)(C)CC(C)(C)C)C23CC[C@]1(C)S3. The van der Waals surface area contributed by atoms with Crippen LogP contribution in [0.5, 0.6) is 0 Å². The number of amides is 2. The normalized spacial score (nSPS) is 28.6. The van der Waals surface area contributed by atoms with Gasteiger partial charge in [-0.3, -0.25) is 14.4 Å². The van der Waals surface area contributed by atoms with Gasteiger partial charge in [-0.15, -0.1) is 24.9 Å². The molecule has 3 saturated heterocycles. The van der Waals surface area contributed by atoms with Gasteiger partial charge in [-0.2, -0.15) is 0 Å². The second-order valence-electron chi connectivity index (χ2n) is 14.6. The van der Waals surface area contributed by atoms with E-state index >= 15 is 0 Å². The van der Waals surface area contributed by atoms with Gasteiger partial charge in [0.05, 0.1) is 23.2 Å². The standard InChI is InChI=1S/C34H56N2O5S/c1-9-11-12-17-23-41-30(40)26-25-28(38)35(21-15-13-14-16-22-37)27(34(25)19-18-33(26,8)42-34)29(39)36(20-10-2)32(6,7)24-31(3,4)5/h9-10,25-27,37H,1-2,11-24H2,3-8H3/t25-,26+,27?,33-,34?/m0/s1. The Labute approximate surface area is 258 Å². The maximum absolute atomic E-state index is 14.9. The van der Waals surface area contributed by atoms with Gasteiger partial charge in [0.15, 0.2) is 0 Å². The number of fused-ring (bicyclic) bond motifs is 1. The van der Waals surface area contributed by atoms with Gasteiger partial charge >= 0.3 is 5.97 Å². The minimum Gasteiger partial charge on any atom is -0.465 e. The van der Waals surface area contributed by atoms with Gasteiger partial charge in [0, 0.05) is 30.0 Å². The molecule has 3 aliphatic heterocycles. The molecule has 3 aliphatic rings. The number of rotatable bonds is 17. The molecule has 3 fully saturated rings. The summed E-state index contributed by atoms with van der Waals surface area (Å²) in [5, 5.41) is 9.22. The highest BCUT2D eigenvalue weighted by atomic mass is 32.2. The van der Waals surface area contributed by atoms with Crippen molar-refractivity contribution in [2.45, 2.75) is 127 Å². The number of unbranched alkanes of at least 4 members (excludes halogenated alkanes) is 5. The molecule has 2 bridgehead atoms. The summed E-state index contributed by atoms with van der Waals surface area (Å²) in [6, 6.07) is -0.635. The van der Waals surface area contributed by atoms with Crippen LogP contribution in [0.3, 0.4) is 0 Å². The van der Waals surface area contributed by atoms with Gasteiger partial charge in [0.25, 0.3) is 0 Å². The molecule has 8 heteroatoms. The average Bonchev–Trinajstić information content (AvgIpc) is 3.45. The van der Waals surface area contributed by atoms with Crippen LogP contribution in [0, 0.1) is 17.3 Å². The van der Waals surface area contributed by atoms with Crippen LogP contribution in [-0.2, 0) is 19.1 Å². The number of ether oxygens (including phenoxy) is 1. The zero-order valence-corrected chi connectivity index (χ0v) is 27.9. The first-order chi connectivity index (χ1) is 19.7. The summed E-state index contributed by atoms with van der Waals surface area (Å²) in [4.78, 5) is 46.7. The van der Waals surface area contributed by atoms with Crippen LogP contribution in [0.1, 0.15) is 106 Å². The zero-order chi connectivity index (χ0) is 31.3. The molecular weight excluding hydrogens is 548 g/mol. The number of hydrogen-bond donors (Lipinski definition) is 1. The molecule has 1 spiro atoms. The summed E-state index contributed by atoms with van der Waals surface area (Å²) in [5.41, 5.74) is -0.459. The molecule has 0 radical (unpaired) electrons. The van der Waals surface area contributed by atoms with E-state index in [4.69, 9.17) is 4.74 Å². The van der Waals surface area contributed by atoms with Crippen molar-refractivity contribution >= 4 is 29.5 Å². The number of carbonyl (C=O) groups is 3. The second kappa shape index (κ2) is 13.9. The first-order valence-electron chi connectivity index (χ1n) is 16.0.